The summed E-state index contributed by atoms with van der Waals surface area (Å²) in [4.78, 5) is 46.4. The Balaban J connectivity index is 0.000000422. The Morgan fingerprint density at radius 2 is 2.00 bits per heavy atom. The molecule has 126 valence electrons. The van der Waals surface area contributed by atoms with Gasteiger partial charge in [-0.25, -0.2) is 13.8 Å². The highest BCUT2D eigenvalue weighted by Gasteiger charge is 2.36. The van der Waals surface area contributed by atoms with Gasteiger partial charge in [-0.3, -0.25) is 14.3 Å². The van der Waals surface area contributed by atoms with Crippen LogP contribution in [0.25, 0.3) is 0 Å². The first kappa shape index (κ1) is 18.7. The van der Waals surface area contributed by atoms with Crippen LogP contribution in [0.3, 0.4) is 0 Å². The topological polar surface area (TPSA) is 162 Å². The second-order valence-electron chi connectivity index (χ2n) is 4.56. The second kappa shape index (κ2) is 7.27. The van der Waals surface area contributed by atoms with Gasteiger partial charge >= 0.3 is 13.5 Å². The third-order valence-electron chi connectivity index (χ3n) is 2.80. The molecule has 1 aromatic heterocycles. The number of phosphoric acid groups is 1. The van der Waals surface area contributed by atoms with Gasteiger partial charge < -0.3 is 24.5 Å². The van der Waals surface area contributed by atoms with Crippen LogP contribution < -0.4 is 11.2 Å². The van der Waals surface area contributed by atoms with Crippen LogP contribution in [-0.2, 0) is 9.30 Å². The van der Waals surface area contributed by atoms with E-state index in [2.05, 4.69) is 4.98 Å². The molecular formula is C10H16FN2O8P. The summed E-state index contributed by atoms with van der Waals surface area (Å²) in [5.74, 6) is 0. The average molecular weight is 342 g/mol. The van der Waals surface area contributed by atoms with Crippen molar-refractivity contribution < 1.29 is 33.5 Å². The maximum absolute atomic E-state index is 13.4. The van der Waals surface area contributed by atoms with E-state index >= 15 is 0 Å². The van der Waals surface area contributed by atoms with Crippen molar-refractivity contribution in [1.82, 2.24) is 9.55 Å². The number of aryl methyl sites for hydroxylation is 1. The van der Waals surface area contributed by atoms with Gasteiger partial charge in [0.1, 0.15) is 18.5 Å². The predicted octanol–water partition coefficient (Wildman–Crippen LogP) is -1.47. The van der Waals surface area contributed by atoms with E-state index in [0.717, 1.165) is 4.57 Å². The standard InChI is InChI=1S/C10H13FN2O4.H3O4P/c1-5-3-13(10(16)12-9(5)15)8-2-6(11)7(4-14)17-8;1-5(2,3)4/h3,6-8,14H,2,4H2,1H3,(H,12,15,16);(H3,1,2,3,4)/t6-,7+,8+;/m0./s1. The third-order valence-corrected chi connectivity index (χ3v) is 2.80. The lowest BCUT2D eigenvalue weighted by atomic mass is 10.2. The Hall–Kier alpha value is -1.36. The van der Waals surface area contributed by atoms with Crippen molar-refractivity contribution in [2.24, 2.45) is 0 Å². The summed E-state index contributed by atoms with van der Waals surface area (Å²) in [6.07, 6.45) is -1.71. The molecule has 12 heteroatoms. The molecule has 1 saturated heterocycles. The summed E-state index contributed by atoms with van der Waals surface area (Å²) in [7, 11) is -4.64. The lowest BCUT2D eigenvalue weighted by Crippen LogP contribution is -2.33. The van der Waals surface area contributed by atoms with E-state index in [9.17, 15) is 14.0 Å². The molecule has 0 amide bonds. The normalized spacial score (nSPS) is 24.7. The number of hydrogen-bond donors (Lipinski definition) is 5. The van der Waals surface area contributed by atoms with Gasteiger partial charge in [0.15, 0.2) is 0 Å². The fourth-order valence-electron chi connectivity index (χ4n) is 1.82. The Morgan fingerprint density at radius 3 is 2.45 bits per heavy atom. The van der Waals surface area contributed by atoms with Gasteiger partial charge in [-0.05, 0) is 6.92 Å². The number of aromatic amines is 1. The molecule has 1 aliphatic rings. The number of nitrogens with one attached hydrogen (secondary N) is 1. The molecule has 0 saturated carbocycles. The highest BCUT2D eigenvalue weighted by molar-refractivity contribution is 7.45. The summed E-state index contributed by atoms with van der Waals surface area (Å²) < 4.78 is 28.6. The maximum Gasteiger partial charge on any atom is 0.466 e. The molecule has 1 aliphatic heterocycles. The van der Waals surface area contributed by atoms with Crippen LogP contribution in [0.15, 0.2) is 15.8 Å². The van der Waals surface area contributed by atoms with Crippen molar-refractivity contribution in [2.45, 2.75) is 31.8 Å². The summed E-state index contributed by atoms with van der Waals surface area (Å²) in [5.41, 5.74) is -0.771. The fraction of sp³-hybridized carbons (Fsp3) is 0.600. The van der Waals surface area contributed by atoms with Crippen LogP contribution in [0, 0.1) is 6.92 Å². The molecule has 1 fully saturated rings. The first-order valence-corrected chi connectivity index (χ1v) is 7.60. The molecule has 10 nitrogen and oxygen atoms in total. The van der Waals surface area contributed by atoms with E-state index in [-0.39, 0.29) is 6.42 Å². The van der Waals surface area contributed by atoms with Crippen LogP contribution >= 0.6 is 7.82 Å². The quantitative estimate of drug-likeness (QED) is 0.407. The van der Waals surface area contributed by atoms with Crippen LogP contribution in [0.1, 0.15) is 18.2 Å². The minimum absolute atomic E-state index is 0.0172. The van der Waals surface area contributed by atoms with Gasteiger partial charge in [0.05, 0.1) is 6.61 Å². The average Bonchev–Trinajstić information content (AvgIpc) is 2.73. The van der Waals surface area contributed by atoms with E-state index in [1.165, 1.54) is 6.20 Å². The monoisotopic (exact) mass is 342 g/mol. The first-order chi connectivity index (χ1) is 10.0. The van der Waals surface area contributed by atoms with E-state index < -0.39 is 44.2 Å². The molecule has 1 aromatic rings. The smallest absolute Gasteiger partial charge is 0.394 e. The minimum atomic E-state index is -4.64. The molecule has 22 heavy (non-hydrogen) atoms. The number of aliphatic hydroxyl groups excluding tert-OH is 1. The van der Waals surface area contributed by atoms with Gasteiger partial charge in [0.2, 0.25) is 0 Å². The summed E-state index contributed by atoms with van der Waals surface area (Å²) in [5, 5.41) is 8.86. The van der Waals surface area contributed by atoms with Crippen molar-refractivity contribution in [1.29, 1.82) is 0 Å². The van der Waals surface area contributed by atoms with Crippen LogP contribution in [-0.4, -0.2) is 48.2 Å². The lowest BCUT2D eigenvalue weighted by molar-refractivity contribution is -0.0356. The number of aromatic nitrogens is 2. The Kier molecular flexibility index (Phi) is 6.17. The van der Waals surface area contributed by atoms with Gasteiger partial charge in [-0.15, -0.1) is 0 Å². The third kappa shape index (κ3) is 5.44. The second-order valence-corrected chi connectivity index (χ2v) is 5.58. The maximum atomic E-state index is 13.4. The van der Waals surface area contributed by atoms with Crippen LogP contribution in [0.5, 0.6) is 0 Å². The van der Waals surface area contributed by atoms with E-state index in [4.69, 9.17) is 29.1 Å². The molecule has 3 atom stereocenters. The van der Waals surface area contributed by atoms with Crippen molar-refractivity contribution in [3.8, 4) is 0 Å². The number of alkyl halides is 1. The summed E-state index contributed by atoms with van der Waals surface area (Å²) >= 11 is 0. The molecular weight excluding hydrogens is 326 g/mol. The van der Waals surface area contributed by atoms with Gasteiger partial charge in [0.25, 0.3) is 5.56 Å². The highest BCUT2D eigenvalue weighted by Crippen LogP contribution is 2.29. The lowest BCUT2D eigenvalue weighted by Gasteiger charge is -2.14. The molecule has 0 radical (unpaired) electrons. The van der Waals surface area contributed by atoms with Gasteiger partial charge in [0, 0.05) is 18.2 Å². The van der Waals surface area contributed by atoms with E-state index in [0.29, 0.717) is 5.56 Å². The number of rotatable bonds is 2. The molecule has 0 aromatic carbocycles. The van der Waals surface area contributed by atoms with Gasteiger partial charge in [-0.2, -0.15) is 0 Å². The Morgan fingerprint density at radius 1 is 1.45 bits per heavy atom. The zero-order valence-electron chi connectivity index (χ0n) is 11.4. The zero-order chi connectivity index (χ0) is 17.1. The zero-order valence-corrected chi connectivity index (χ0v) is 12.3. The molecule has 0 unspecified atom stereocenters. The Labute approximate surface area is 123 Å². The first-order valence-electron chi connectivity index (χ1n) is 6.03. The van der Waals surface area contributed by atoms with Gasteiger partial charge in [-0.1, -0.05) is 0 Å². The highest BCUT2D eigenvalue weighted by atomic mass is 31.2. The number of nitrogens with zero attached hydrogens (tertiary/aromatic N) is 1. The van der Waals surface area contributed by atoms with Crippen molar-refractivity contribution in [3.63, 3.8) is 0 Å². The molecule has 5 N–H and O–H groups in total. The van der Waals surface area contributed by atoms with E-state index in [1.807, 2.05) is 0 Å². The number of aliphatic hydroxyl groups is 1. The number of H-pyrrole nitrogens is 1. The van der Waals surface area contributed by atoms with Crippen molar-refractivity contribution in [3.05, 3.63) is 32.6 Å². The summed E-state index contributed by atoms with van der Waals surface area (Å²) in [6.45, 7) is 1.11. The summed E-state index contributed by atoms with van der Waals surface area (Å²) in [6, 6.07) is 0. The largest absolute Gasteiger partial charge is 0.466 e. The predicted molar refractivity (Wildman–Crippen MR) is 70.8 cm³/mol. The van der Waals surface area contributed by atoms with Crippen LogP contribution in [0.4, 0.5) is 4.39 Å². The number of ether oxygens (including phenoxy) is 1. The SMILES string of the molecule is Cc1cn([C@H]2C[C@H](F)[C@@H](CO)O2)c(=O)[nH]c1=O.O=P(O)(O)O. The minimum Gasteiger partial charge on any atom is -0.394 e. The van der Waals surface area contributed by atoms with E-state index in [1.54, 1.807) is 6.92 Å². The molecule has 0 bridgehead atoms. The molecule has 0 spiro atoms. The fourth-order valence-corrected chi connectivity index (χ4v) is 1.82. The Bertz CT molecular complexity index is 659. The van der Waals surface area contributed by atoms with Crippen molar-refractivity contribution >= 4 is 7.82 Å². The molecule has 2 heterocycles. The number of hydrogen-bond acceptors (Lipinski definition) is 5. The molecule has 0 aliphatic carbocycles. The van der Waals surface area contributed by atoms with Crippen LogP contribution in [0.2, 0.25) is 0 Å². The van der Waals surface area contributed by atoms with Crippen molar-refractivity contribution in [2.75, 3.05) is 6.61 Å². The number of halogens is 1. The molecule has 2 rings (SSSR count).